The molecule has 1 unspecified atom stereocenters. The Balaban J connectivity index is 2.02. The second-order valence-corrected chi connectivity index (χ2v) is 6.32. The maximum absolute atomic E-state index is 10.8. The third-order valence-corrected chi connectivity index (χ3v) is 4.86. The highest BCUT2D eigenvalue weighted by Crippen LogP contribution is 2.26. The average molecular weight is 344 g/mol. The van der Waals surface area contributed by atoms with Gasteiger partial charge in [0.1, 0.15) is 0 Å². The number of halogens is 1. The Hall–Kier alpha value is -0.880. The molecule has 2 heterocycles. The number of hydrogen-bond donors (Lipinski definition) is 1. The van der Waals surface area contributed by atoms with E-state index in [0.717, 1.165) is 49.1 Å². The van der Waals surface area contributed by atoms with E-state index in [1.165, 1.54) is 5.69 Å². The first kappa shape index (κ1) is 15.5. The molecular weight excluding hydrogens is 322 g/mol. The van der Waals surface area contributed by atoms with Gasteiger partial charge in [0.15, 0.2) is 0 Å². The zero-order chi connectivity index (χ0) is 14.7. The van der Waals surface area contributed by atoms with Crippen molar-refractivity contribution in [1.29, 1.82) is 0 Å². The average Bonchev–Trinajstić information content (AvgIpc) is 2.66. The maximum Gasteiger partial charge on any atom is 0.303 e. The van der Waals surface area contributed by atoms with Crippen LogP contribution in [0, 0.1) is 5.92 Å². The minimum Gasteiger partial charge on any atom is -0.481 e. The van der Waals surface area contributed by atoms with Gasteiger partial charge in [-0.3, -0.25) is 14.4 Å². The fourth-order valence-electron chi connectivity index (χ4n) is 2.91. The van der Waals surface area contributed by atoms with Gasteiger partial charge in [-0.1, -0.05) is 6.92 Å². The second-order valence-electron chi connectivity index (χ2n) is 5.53. The molecule has 0 radical (unpaired) electrons. The fourth-order valence-corrected chi connectivity index (χ4v) is 3.65. The highest BCUT2D eigenvalue weighted by atomic mass is 79.9. The highest BCUT2D eigenvalue weighted by molar-refractivity contribution is 9.10. The van der Waals surface area contributed by atoms with Crippen LogP contribution >= 0.6 is 15.9 Å². The molecular formula is C14H22BrN3O2. The lowest BCUT2D eigenvalue weighted by Crippen LogP contribution is -2.36. The molecule has 1 N–H and O–H groups in total. The van der Waals surface area contributed by atoms with E-state index in [9.17, 15) is 4.79 Å². The summed E-state index contributed by atoms with van der Waals surface area (Å²) in [5.41, 5.74) is 2.26. The number of aromatic nitrogens is 2. The summed E-state index contributed by atoms with van der Waals surface area (Å²) in [4.78, 5) is 13.2. The van der Waals surface area contributed by atoms with Gasteiger partial charge in [0.2, 0.25) is 0 Å². The molecule has 1 aromatic heterocycles. The van der Waals surface area contributed by atoms with Gasteiger partial charge in [-0.2, -0.15) is 5.10 Å². The highest BCUT2D eigenvalue weighted by Gasteiger charge is 2.24. The predicted molar refractivity (Wildman–Crippen MR) is 80.5 cm³/mol. The number of carboxylic acids is 1. The van der Waals surface area contributed by atoms with Crippen molar-refractivity contribution in [1.82, 2.24) is 14.7 Å². The number of carbonyl (C=O) groups is 1. The molecule has 0 amide bonds. The number of likely N-dealkylation sites (tertiary alicyclic amines) is 1. The third-order valence-electron chi connectivity index (χ3n) is 3.94. The van der Waals surface area contributed by atoms with Gasteiger partial charge in [0.05, 0.1) is 15.9 Å². The van der Waals surface area contributed by atoms with Crippen molar-refractivity contribution in [3.63, 3.8) is 0 Å². The van der Waals surface area contributed by atoms with E-state index >= 15 is 0 Å². The van der Waals surface area contributed by atoms with Gasteiger partial charge < -0.3 is 5.11 Å². The molecule has 0 bridgehead atoms. The maximum atomic E-state index is 10.8. The van der Waals surface area contributed by atoms with Crippen LogP contribution in [-0.4, -0.2) is 38.8 Å². The van der Waals surface area contributed by atoms with Gasteiger partial charge >= 0.3 is 5.97 Å². The molecule has 1 fully saturated rings. The number of rotatable bonds is 5. The number of aryl methyl sites for hydroxylation is 2. The molecule has 1 aromatic rings. The summed E-state index contributed by atoms with van der Waals surface area (Å²) in [6.45, 7) is 4.83. The van der Waals surface area contributed by atoms with Crippen LogP contribution in [0.4, 0.5) is 0 Å². The van der Waals surface area contributed by atoms with E-state index in [1.54, 1.807) is 0 Å². The van der Waals surface area contributed by atoms with E-state index in [0.29, 0.717) is 0 Å². The van der Waals surface area contributed by atoms with Gasteiger partial charge in [-0.15, -0.1) is 0 Å². The molecule has 2 rings (SSSR count). The van der Waals surface area contributed by atoms with Crippen molar-refractivity contribution in [3.05, 3.63) is 15.9 Å². The first-order valence-corrected chi connectivity index (χ1v) is 7.95. The molecule has 0 aliphatic carbocycles. The van der Waals surface area contributed by atoms with Gasteiger partial charge in [0.25, 0.3) is 0 Å². The van der Waals surface area contributed by atoms with Crippen LogP contribution in [0.25, 0.3) is 0 Å². The van der Waals surface area contributed by atoms with Crippen molar-refractivity contribution < 1.29 is 9.90 Å². The lowest BCUT2D eigenvalue weighted by Gasteiger charge is -2.32. The number of hydrogen-bond acceptors (Lipinski definition) is 3. The van der Waals surface area contributed by atoms with Crippen LogP contribution in [0.2, 0.25) is 0 Å². The minimum absolute atomic E-state index is 0.277. The topological polar surface area (TPSA) is 58.4 Å². The van der Waals surface area contributed by atoms with E-state index in [4.69, 9.17) is 5.11 Å². The van der Waals surface area contributed by atoms with E-state index < -0.39 is 5.97 Å². The Morgan fingerprint density at radius 3 is 2.90 bits per heavy atom. The van der Waals surface area contributed by atoms with Crippen LogP contribution < -0.4 is 0 Å². The van der Waals surface area contributed by atoms with Crippen LogP contribution in [0.15, 0.2) is 4.47 Å². The van der Waals surface area contributed by atoms with Crippen molar-refractivity contribution in [3.8, 4) is 0 Å². The Morgan fingerprint density at radius 1 is 1.55 bits per heavy atom. The summed E-state index contributed by atoms with van der Waals surface area (Å²) >= 11 is 3.64. The summed E-state index contributed by atoms with van der Waals surface area (Å²) in [7, 11) is 1.97. The Labute approximate surface area is 128 Å². The summed E-state index contributed by atoms with van der Waals surface area (Å²) in [5.74, 6) is -0.411. The molecule has 1 aliphatic rings. The smallest absolute Gasteiger partial charge is 0.303 e. The van der Waals surface area contributed by atoms with Crippen LogP contribution in [0.1, 0.15) is 37.6 Å². The molecule has 1 atom stereocenters. The number of piperidine rings is 1. The lowest BCUT2D eigenvalue weighted by molar-refractivity contribution is -0.138. The zero-order valence-corrected chi connectivity index (χ0v) is 13.7. The molecule has 1 aliphatic heterocycles. The fraction of sp³-hybridized carbons (Fsp3) is 0.714. The first-order chi connectivity index (χ1) is 9.51. The first-order valence-electron chi connectivity index (χ1n) is 7.15. The Bertz CT molecular complexity index is 487. The van der Waals surface area contributed by atoms with Gasteiger partial charge in [0, 0.05) is 26.6 Å². The van der Waals surface area contributed by atoms with Crippen LogP contribution in [-0.2, 0) is 24.8 Å². The van der Waals surface area contributed by atoms with Crippen LogP contribution in [0.5, 0.6) is 0 Å². The molecule has 112 valence electrons. The normalized spacial score (nSPS) is 20.2. The van der Waals surface area contributed by atoms with Crippen LogP contribution in [0.3, 0.4) is 0 Å². The van der Waals surface area contributed by atoms with Crippen molar-refractivity contribution in [2.75, 3.05) is 13.1 Å². The van der Waals surface area contributed by atoms with E-state index in [-0.39, 0.29) is 12.3 Å². The molecule has 0 saturated carbocycles. The quantitative estimate of drug-likeness (QED) is 0.891. The molecule has 1 saturated heterocycles. The predicted octanol–water partition coefficient (Wildman–Crippen LogP) is 2.43. The van der Waals surface area contributed by atoms with Gasteiger partial charge in [-0.25, -0.2) is 0 Å². The molecule has 0 aromatic carbocycles. The SMILES string of the molecule is CCc1nn(C)c(CN2CCCC(CC(=O)O)C2)c1Br. The number of aliphatic carboxylic acids is 1. The Morgan fingerprint density at radius 2 is 2.30 bits per heavy atom. The van der Waals surface area contributed by atoms with E-state index in [1.807, 2.05) is 11.7 Å². The lowest BCUT2D eigenvalue weighted by atomic mass is 9.95. The summed E-state index contributed by atoms with van der Waals surface area (Å²) in [6, 6.07) is 0. The van der Waals surface area contributed by atoms with Crippen molar-refractivity contribution >= 4 is 21.9 Å². The Kier molecular flexibility index (Phi) is 5.21. The van der Waals surface area contributed by atoms with E-state index in [2.05, 4.69) is 32.9 Å². The van der Waals surface area contributed by atoms with Crippen molar-refractivity contribution in [2.24, 2.45) is 13.0 Å². The molecule has 6 heteroatoms. The number of nitrogens with zero attached hydrogens (tertiary/aromatic N) is 3. The number of carboxylic acid groups (broad SMARTS) is 1. The zero-order valence-electron chi connectivity index (χ0n) is 12.1. The largest absolute Gasteiger partial charge is 0.481 e. The molecule has 20 heavy (non-hydrogen) atoms. The minimum atomic E-state index is -0.688. The van der Waals surface area contributed by atoms with Gasteiger partial charge in [-0.05, 0) is 47.7 Å². The molecule has 5 nitrogen and oxygen atoms in total. The third kappa shape index (κ3) is 3.61. The summed E-state index contributed by atoms with van der Waals surface area (Å²) in [6.07, 6.45) is 3.29. The monoisotopic (exact) mass is 343 g/mol. The summed E-state index contributed by atoms with van der Waals surface area (Å²) < 4.78 is 3.03. The van der Waals surface area contributed by atoms with Crippen molar-refractivity contribution in [2.45, 2.75) is 39.2 Å². The molecule has 0 spiro atoms. The standard InChI is InChI=1S/C14H22BrN3O2/c1-3-11-14(15)12(17(2)16-11)9-18-6-4-5-10(8-18)7-13(19)20/h10H,3-9H2,1-2H3,(H,19,20). The summed E-state index contributed by atoms with van der Waals surface area (Å²) in [5, 5.41) is 13.4. The second kappa shape index (κ2) is 6.72.